The molecule has 1 atom stereocenters. The first-order valence-electron chi connectivity index (χ1n) is 8.27. The van der Waals surface area contributed by atoms with Crippen molar-refractivity contribution in [2.24, 2.45) is 5.73 Å². The van der Waals surface area contributed by atoms with Crippen molar-refractivity contribution < 1.29 is 9.53 Å². The molecule has 3 N–H and O–H groups in total. The molecule has 126 valence electrons. The maximum Gasteiger partial charge on any atom is 0.231 e. The first-order chi connectivity index (χ1) is 11.1. The van der Waals surface area contributed by atoms with Gasteiger partial charge < -0.3 is 15.8 Å². The molecule has 0 aliphatic carbocycles. The number of morpholine rings is 1. The van der Waals surface area contributed by atoms with E-state index < -0.39 is 0 Å². The Morgan fingerprint density at radius 2 is 2.39 bits per heavy atom. The number of primary amides is 1. The molecule has 0 aromatic heterocycles. The van der Waals surface area contributed by atoms with Gasteiger partial charge in [0.05, 0.1) is 19.3 Å². The molecule has 1 amide bonds. The SMILES string of the molecule is CN(CC(N)=O)CC1CN(Cc2cccc3c2NCC3)CCO1. The van der Waals surface area contributed by atoms with Gasteiger partial charge in [-0.25, -0.2) is 0 Å². The van der Waals surface area contributed by atoms with E-state index in [-0.39, 0.29) is 18.6 Å². The fourth-order valence-corrected chi connectivity index (χ4v) is 3.50. The summed E-state index contributed by atoms with van der Waals surface area (Å²) in [6.45, 7) is 5.54. The number of hydrogen-bond donors (Lipinski definition) is 2. The highest BCUT2D eigenvalue weighted by atomic mass is 16.5. The van der Waals surface area contributed by atoms with Crippen LogP contribution in [0.3, 0.4) is 0 Å². The Balaban J connectivity index is 1.57. The van der Waals surface area contributed by atoms with Crippen LogP contribution in [0.2, 0.25) is 0 Å². The highest BCUT2D eigenvalue weighted by molar-refractivity contribution is 5.75. The standard InChI is InChI=1S/C17H26N4O2/c1-20(12-16(18)22)10-15-11-21(7-8-23-15)9-14-4-2-3-13-5-6-19-17(13)14/h2-4,15,19H,5-12H2,1H3,(H2,18,22). The molecule has 2 aliphatic heterocycles. The molecule has 1 aromatic carbocycles. The third kappa shape index (κ3) is 4.22. The summed E-state index contributed by atoms with van der Waals surface area (Å²) in [5, 5.41) is 3.51. The second-order valence-corrected chi connectivity index (χ2v) is 6.52. The summed E-state index contributed by atoms with van der Waals surface area (Å²) >= 11 is 0. The van der Waals surface area contributed by atoms with E-state index in [1.165, 1.54) is 16.8 Å². The molecule has 6 nitrogen and oxygen atoms in total. The summed E-state index contributed by atoms with van der Waals surface area (Å²) in [6.07, 6.45) is 1.24. The Kier molecular flexibility index (Phi) is 5.15. The van der Waals surface area contributed by atoms with Gasteiger partial charge in [-0.2, -0.15) is 0 Å². The maximum absolute atomic E-state index is 11.0. The number of anilines is 1. The highest BCUT2D eigenvalue weighted by Gasteiger charge is 2.23. The van der Waals surface area contributed by atoms with Crippen LogP contribution in [-0.4, -0.2) is 68.2 Å². The van der Waals surface area contributed by atoms with Crippen LogP contribution >= 0.6 is 0 Å². The highest BCUT2D eigenvalue weighted by Crippen LogP contribution is 2.27. The minimum Gasteiger partial charge on any atom is -0.384 e. The van der Waals surface area contributed by atoms with Crippen molar-refractivity contribution in [3.63, 3.8) is 0 Å². The topological polar surface area (TPSA) is 70.8 Å². The number of likely N-dealkylation sites (N-methyl/N-ethyl adjacent to an activating group) is 1. The summed E-state index contributed by atoms with van der Waals surface area (Å²) in [6, 6.07) is 6.57. The largest absolute Gasteiger partial charge is 0.384 e. The van der Waals surface area contributed by atoms with E-state index in [1.54, 1.807) is 0 Å². The lowest BCUT2D eigenvalue weighted by Gasteiger charge is -2.35. The van der Waals surface area contributed by atoms with E-state index in [4.69, 9.17) is 10.5 Å². The zero-order valence-corrected chi connectivity index (χ0v) is 13.8. The van der Waals surface area contributed by atoms with Crippen LogP contribution in [0.1, 0.15) is 11.1 Å². The van der Waals surface area contributed by atoms with Crippen molar-refractivity contribution in [2.45, 2.75) is 19.1 Å². The number of ether oxygens (including phenoxy) is 1. The molecule has 1 fully saturated rings. The average Bonchev–Trinajstić information content (AvgIpc) is 2.96. The van der Waals surface area contributed by atoms with Gasteiger partial charge in [0.1, 0.15) is 0 Å². The van der Waals surface area contributed by atoms with Crippen LogP contribution < -0.4 is 11.1 Å². The molecule has 2 heterocycles. The Labute approximate surface area is 137 Å². The minimum atomic E-state index is -0.300. The summed E-state index contributed by atoms with van der Waals surface area (Å²) in [5.74, 6) is -0.300. The number of fused-ring (bicyclic) bond motifs is 1. The van der Waals surface area contributed by atoms with E-state index in [2.05, 4.69) is 28.4 Å². The van der Waals surface area contributed by atoms with Crippen LogP contribution in [0.5, 0.6) is 0 Å². The maximum atomic E-state index is 11.0. The third-order valence-corrected chi connectivity index (χ3v) is 4.49. The molecule has 0 saturated carbocycles. The van der Waals surface area contributed by atoms with Gasteiger partial charge in [0.25, 0.3) is 0 Å². The summed E-state index contributed by atoms with van der Waals surface area (Å²) in [7, 11) is 1.90. The number of nitrogens with one attached hydrogen (secondary N) is 1. The van der Waals surface area contributed by atoms with Crippen molar-refractivity contribution in [3.05, 3.63) is 29.3 Å². The lowest BCUT2D eigenvalue weighted by Crippen LogP contribution is -2.47. The number of nitrogens with two attached hydrogens (primary N) is 1. The zero-order chi connectivity index (χ0) is 16.2. The van der Waals surface area contributed by atoms with E-state index >= 15 is 0 Å². The van der Waals surface area contributed by atoms with Crippen molar-refractivity contribution >= 4 is 11.6 Å². The number of carbonyl (C=O) groups is 1. The molecule has 2 aliphatic rings. The predicted octanol–water partition coefficient (Wildman–Crippen LogP) is 0.273. The second-order valence-electron chi connectivity index (χ2n) is 6.52. The first-order valence-corrected chi connectivity index (χ1v) is 8.27. The van der Waals surface area contributed by atoms with Crippen molar-refractivity contribution in [2.75, 3.05) is 51.7 Å². The van der Waals surface area contributed by atoms with Crippen LogP contribution in [0.4, 0.5) is 5.69 Å². The molecule has 0 spiro atoms. The van der Waals surface area contributed by atoms with Gasteiger partial charge >= 0.3 is 0 Å². The van der Waals surface area contributed by atoms with Crippen LogP contribution in [-0.2, 0) is 22.5 Å². The van der Waals surface area contributed by atoms with Crippen LogP contribution in [0.15, 0.2) is 18.2 Å². The lowest BCUT2D eigenvalue weighted by molar-refractivity contribution is -0.119. The average molecular weight is 318 g/mol. The molecule has 23 heavy (non-hydrogen) atoms. The summed E-state index contributed by atoms with van der Waals surface area (Å²) < 4.78 is 5.84. The quantitative estimate of drug-likeness (QED) is 0.788. The van der Waals surface area contributed by atoms with Gasteiger partial charge in [-0.05, 0) is 24.6 Å². The minimum absolute atomic E-state index is 0.123. The van der Waals surface area contributed by atoms with Crippen molar-refractivity contribution in [1.29, 1.82) is 0 Å². The fraction of sp³-hybridized carbons (Fsp3) is 0.588. The normalized spacial score (nSPS) is 21.2. The number of nitrogens with zero attached hydrogens (tertiary/aromatic N) is 2. The van der Waals surface area contributed by atoms with Gasteiger partial charge in [-0.1, -0.05) is 18.2 Å². The Morgan fingerprint density at radius 3 is 3.22 bits per heavy atom. The monoisotopic (exact) mass is 318 g/mol. The molecule has 1 saturated heterocycles. The smallest absolute Gasteiger partial charge is 0.231 e. The number of hydrogen-bond acceptors (Lipinski definition) is 5. The number of para-hydroxylation sites is 1. The Hall–Kier alpha value is -1.63. The number of benzene rings is 1. The van der Waals surface area contributed by atoms with Crippen LogP contribution in [0, 0.1) is 0 Å². The second kappa shape index (κ2) is 7.29. The Bertz CT molecular complexity index is 564. The van der Waals surface area contributed by atoms with Gasteiger partial charge in [0, 0.05) is 38.4 Å². The molecule has 3 rings (SSSR count). The van der Waals surface area contributed by atoms with Crippen molar-refractivity contribution in [3.8, 4) is 0 Å². The van der Waals surface area contributed by atoms with Gasteiger partial charge in [-0.3, -0.25) is 14.6 Å². The predicted molar refractivity (Wildman–Crippen MR) is 90.3 cm³/mol. The number of carbonyl (C=O) groups excluding carboxylic acids is 1. The first kappa shape index (κ1) is 16.2. The summed E-state index contributed by atoms with van der Waals surface area (Å²) in [4.78, 5) is 15.3. The van der Waals surface area contributed by atoms with E-state index in [0.29, 0.717) is 0 Å². The van der Waals surface area contributed by atoms with Gasteiger partial charge in [0.15, 0.2) is 0 Å². The summed E-state index contributed by atoms with van der Waals surface area (Å²) in [5.41, 5.74) is 9.35. The molecule has 1 unspecified atom stereocenters. The number of amides is 1. The molecule has 0 radical (unpaired) electrons. The molecule has 1 aromatic rings. The van der Waals surface area contributed by atoms with E-state index in [1.807, 2.05) is 11.9 Å². The third-order valence-electron chi connectivity index (χ3n) is 4.49. The van der Waals surface area contributed by atoms with Crippen molar-refractivity contribution in [1.82, 2.24) is 9.80 Å². The fourth-order valence-electron chi connectivity index (χ4n) is 3.50. The Morgan fingerprint density at radius 1 is 1.52 bits per heavy atom. The molecule has 6 heteroatoms. The van der Waals surface area contributed by atoms with Crippen LogP contribution in [0.25, 0.3) is 0 Å². The van der Waals surface area contributed by atoms with Gasteiger partial charge in [0.2, 0.25) is 5.91 Å². The number of rotatable bonds is 6. The lowest BCUT2D eigenvalue weighted by atomic mass is 10.1. The zero-order valence-electron chi connectivity index (χ0n) is 13.8. The molecule has 0 bridgehead atoms. The molecular formula is C17H26N4O2. The van der Waals surface area contributed by atoms with Gasteiger partial charge in [-0.15, -0.1) is 0 Å². The van der Waals surface area contributed by atoms with E-state index in [0.717, 1.165) is 45.8 Å². The van der Waals surface area contributed by atoms with E-state index in [9.17, 15) is 4.79 Å². The molecular weight excluding hydrogens is 292 g/mol.